The molecule has 1 aliphatic rings. The minimum absolute atomic E-state index is 0.619. The van der Waals surface area contributed by atoms with Crippen LogP contribution in [-0.4, -0.2) is 51.0 Å². The number of hydrogen-bond donors (Lipinski definition) is 0. The first-order chi connectivity index (χ1) is 10.1. The van der Waals surface area contributed by atoms with E-state index >= 15 is 0 Å². The molecule has 3 rings (SSSR count). The van der Waals surface area contributed by atoms with Gasteiger partial charge in [0.1, 0.15) is 0 Å². The lowest BCUT2D eigenvalue weighted by Gasteiger charge is -2.25. The maximum atomic E-state index is 5.51. The number of aryl methyl sites for hydroxylation is 2. The first kappa shape index (κ1) is 14.4. The Hall–Kier alpha value is -1.57. The van der Waals surface area contributed by atoms with Gasteiger partial charge in [0, 0.05) is 13.1 Å². The number of rotatable bonds is 3. The van der Waals surface area contributed by atoms with E-state index < -0.39 is 0 Å². The molecule has 1 aromatic carbocycles. The van der Waals surface area contributed by atoms with E-state index in [0.29, 0.717) is 11.4 Å². The second-order valence-corrected chi connectivity index (χ2v) is 5.70. The van der Waals surface area contributed by atoms with Gasteiger partial charge >= 0.3 is 0 Å². The molecule has 0 spiro atoms. The summed E-state index contributed by atoms with van der Waals surface area (Å²) < 4.78 is 9.46. The van der Waals surface area contributed by atoms with Gasteiger partial charge in [-0.15, -0.1) is 0 Å². The highest BCUT2D eigenvalue weighted by Gasteiger charge is 2.14. The summed E-state index contributed by atoms with van der Waals surface area (Å²) in [5, 5.41) is 8.40. The van der Waals surface area contributed by atoms with Gasteiger partial charge in [-0.05, 0) is 48.1 Å². The summed E-state index contributed by atoms with van der Waals surface area (Å²) in [5.41, 5.74) is 3.35. The molecule has 0 saturated carbocycles. The average Bonchev–Trinajstić information content (AvgIpc) is 2.82. The van der Waals surface area contributed by atoms with E-state index in [2.05, 4.69) is 41.3 Å². The molecule has 112 valence electrons. The molecule has 6 nitrogen and oxygen atoms in total. The molecule has 1 aromatic heterocycles. The van der Waals surface area contributed by atoms with Crippen LogP contribution in [-0.2, 0) is 11.4 Å². The molecule has 2 aromatic rings. The van der Waals surface area contributed by atoms with Crippen LogP contribution in [0.4, 0.5) is 0 Å². The minimum atomic E-state index is 0.619. The van der Waals surface area contributed by atoms with Crippen LogP contribution in [0.25, 0.3) is 5.69 Å². The normalized spacial score (nSPS) is 16.3. The quantitative estimate of drug-likeness (QED) is 0.808. The highest BCUT2D eigenvalue weighted by molar-refractivity contribution is 7.71. The van der Waals surface area contributed by atoms with E-state index in [4.69, 9.17) is 17.0 Å². The van der Waals surface area contributed by atoms with Crippen LogP contribution in [0.15, 0.2) is 18.2 Å². The van der Waals surface area contributed by atoms with Crippen LogP contribution in [0.5, 0.6) is 0 Å². The number of tetrazole rings is 1. The molecule has 1 aliphatic heterocycles. The largest absolute Gasteiger partial charge is 0.379 e. The highest BCUT2D eigenvalue weighted by Crippen LogP contribution is 2.15. The van der Waals surface area contributed by atoms with Gasteiger partial charge in [0.05, 0.1) is 25.6 Å². The van der Waals surface area contributed by atoms with E-state index in [9.17, 15) is 0 Å². The lowest BCUT2D eigenvalue weighted by Crippen LogP contribution is -2.37. The Labute approximate surface area is 128 Å². The predicted octanol–water partition coefficient (Wildman–Crippen LogP) is 1.70. The zero-order valence-corrected chi connectivity index (χ0v) is 13.1. The van der Waals surface area contributed by atoms with Crippen LogP contribution in [0, 0.1) is 18.6 Å². The Balaban J connectivity index is 1.86. The number of benzene rings is 1. The standard InChI is InChI=1S/C14H19N5OS/c1-11-3-4-13(12(2)9-11)19-14(21)18(15-16-19)10-17-5-7-20-8-6-17/h3-4,9H,5-8,10H2,1-2H3. The molecular weight excluding hydrogens is 286 g/mol. The molecule has 21 heavy (non-hydrogen) atoms. The molecule has 0 N–H and O–H groups in total. The predicted molar refractivity (Wildman–Crippen MR) is 82.0 cm³/mol. The van der Waals surface area contributed by atoms with Crippen molar-refractivity contribution < 1.29 is 4.74 Å². The average molecular weight is 305 g/mol. The number of ether oxygens (including phenoxy) is 1. The summed E-state index contributed by atoms with van der Waals surface area (Å²) in [6.45, 7) is 8.12. The Kier molecular flexibility index (Phi) is 4.14. The van der Waals surface area contributed by atoms with Crippen molar-refractivity contribution in [3.8, 4) is 5.69 Å². The first-order valence-electron chi connectivity index (χ1n) is 7.06. The van der Waals surface area contributed by atoms with Gasteiger partial charge in [-0.2, -0.15) is 4.68 Å². The second kappa shape index (κ2) is 6.05. The number of morpholine rings is 1. The van der Waals surface area contributed by atoms with Crippen molar-refractivity contribution >= 4 is 12.2 Å². The van der Waals surface area contributed by atoms with Gasteiger partial charge < -0.3 is 4.74 Å². The first-order valence-corrected chi connectivity index (χ1v) is 7.46. The minimum Gasteiger partial charge on any atom is -0.379 e. The Morgan fingerprint density at radius 1 is 1.19 bits per heavy atom. The molecule has 1 fully saturated rings. The fourth-order valence-corrected chi connectivity index (χ4v) is 2.72. The Morgan fingerprint density at radius 2 is 1.95 bits per heavy atom. The zero-order chi connectivity index (χ0) is 14.8. The monoisotopic (exact) mass is 305 g/mol. The summed E-state index contributed by atoms with van der Waals surface area (Å²) >= 11 is 5.51. The summed E-state index contributed by atoms with van der Waals surface area (Å²) in [7, 11) is 0. The van der Waals surface area contributed by atoms with Gasteiger partial charge in [-0.25, -0.2) is 4.68 Å². The van der Waals surface area contributed by atoms with Crippen LogP contribution >= 0.6 is 12.2 Å². The topological polar surface area (TPSA) is 48.1 Å². The molecule has 0 bridgehead atoms. The lowest BCUT2D eigenvalue weighted by molar-refractivity contribution is 0.0207. The third-order valence-electron chi connectivity index (χ3n) is 3.66. The molecular formula is C14H19N5OS. The molecule has 1 saturated heterocycles. The smallest absolute Gasteiger partial charge is 0.221 e. The third kappa shape index (κ3) is 3.04. The number of hydrogen-bond acceptors (Lipinski definition) is 5. The van der Waals surface area contributed by atoms with Crippen LogP contribution in [0.2, 0.25) is 0 Å². The summed E-state index contributed by atoms with van der Waals surface area (Å²) in [4.78, 5) is 2.26. The molecule has 0 unspecified atom stereocenters. The maximum Gasteiger partial charge on any atom is 0.221 e. The van der Waals surface area contributed by atoms with E-state index in [1.54, 1.807) is 9.36 Å². The van der Waals surface area contributed by atoms with Gasteiger partial charge in [0.25, 0.3) is 0 Å². The third-order valence-corrected chi connectivity index (χ3v) is 4.04. The molecule has 2 heterocycles. The molecule has 0 amide bonds. The SMILES string of the molecule is Cc1ccc(-n2nnn(CN3CCOCC3)c2=S)c(C)c1. The second-order valence-electron chi connectivity index (χ2n) is 5.33. The van der Waals surface area contributed by atoms with E-state index in [1.165, 1.54) is 5.56 Å². The summed E-state index contributed by atoms with van der Waals surface area (Å²) in [5.74, 6) is 0. The molecule has 0 atom stereocenters. The number of nitrogens with zero attached hydrogens (tertiary/aromatic N) is 5. The van der Waals surface area contributed by atoms with Gasteiger partial charge in [-0.3, -0.25) is 4.90 Å². The van der Waals surface area contributed by atoms with Crippen molar-refractivity contribution in [1.82, 2.24) is 24.7 Å². The fourth-order valence-electron chi connectivity index (χ4n) is 2.49. The van der Waals surface area contributed by atoms with E-state index in [-0.39, 0.29) is 0 Å². The fraction of sp³-hybridized carbons (Fsp3) is 0.500. The highest BCUT2D eigenvalue weighted by atomic mass is 32.1. The summed E-state index contributed by atoms with van der Waals surface area (Å²) in [6, 6.07) is 6.22. The van der Waals surface area contributed by atoms with E-state index in [1.807, 2.05) is 6.07 Å². The maximum absolute atomic E-state index is 5.51. The van der Waals surface area contributed by atoms with Crippen molar-refractivity contribution in [3.63, 3.8) is 0 Å². The van der Waals surface area contributed by atoms with Crippen molar-refractivity contribution in [2.45, 2.75) is 20.5 Å². The van der Waals surface area contributed by atoms with Gasteiger partial charge in [0.15, 0.2) is 0 Å². The van der Waals surface area contributed by atoms with Crippen LogP contribution in [0.3, 0.4) is 0 Å². The lowest BCUT2D eigenvalue weighted by atomic mass is 10.1. The van der Waals surface area contributed by atoms with Crippen molar-refractivity contribution in [3.05, 3.63) is 34.1 Å². The molecule has 0 aliphatic carbocycles. The van der Waals surface area contributed by atoms with E-state index in [0.717, 1.165) is 37.6 Å². The molecule has 0 radical (unpaired) electrons. The van der Waals surface area contributed by atoms with Crippen molar-refractivity contribution in [1.29, 1.82) is 0 Å². The zero-order valence-electron chi connectivity index (χ0n) is 12.3. The Morgan fingerprint density at radius 3 is 2.67 bits per heavy atom. The van der Waals surface area contributed by atoms with Gasteiger partial charge in [0.2, 0.25) is 4.77 Å². The van der Waals surface area contributed by atoms with Crippen LogP contribution in [0.1, 0.15) is 11.1 Å². The van der Waals surface area contributed by atoms with Crippen molar-refractivity contribution in [2.75, 3.05) is 26.3 Å². The Bertz CT molecular complexity index is 687. The van der Waals surface area contributed by atoms with Gasteiger partial charge in [-0.1, -0.05) is 17.7 Å². The summed E-state index contributed by atoms with van der Waals surface area (Å²) in [6.07, 6.45) is 0. The number of aromatic nitrogens is 4. The van der Waals surface area contributed by atoms with Crippen LogP contribution < -0.4 is 0 Å². The molecule has 7 heteroatoms. The van der Waals surface area contributed by atoms with Crippen molar-refractivity contribution in [2.24, 2.45) is 0 Å².